The van der Waals surface area contributed by atoms with Crippen molar-refractivity contribution in [3.05, 3.63) is 43.0 Å². The first kappa shape index (κ1) is 9.19. The van der Waals surface area contributed by atoms with Gasteiger partial charge in [-0.05, 0) is 5.19 Å². The van der Waals surface area contributed by atoms with Crippen LogP contribution in [0.15, 0.2) is 43.0 Å². The topological polar surface area (TPSA) is 40.5 Å². The normalized spacial score (nSPS) is 11.2. The Hall–Kier alpha value is -0.903. The molecule has 3 heteroatoms. The van der Waals surface area contributed by atoms with Crippen LogP contribution < -0.4 is 5.19 Å². The molecule has 12 heavy (non-hydrogen) atoms. The van der Waals surface area contributed by atoms with E-state index >= 15 is 0 Å². The van der Waals surface area contributed by atoms with E-state index in [-0.39, 0.29) is 6.04 Å². The van der Waals surface area contributed by atoms with Crippen LogP contribution in [-0.2, 0) is 0 Å². The third kappa shape index (κ3) is 2.04. The van der Waals surface area contributed by atoms with Crippen molar-refractivity contribution < 1.29 is 9.59 Å². The Balaban J connectivity index is 2.89. The van der Waals surface area contributed by atoms with Gasteiger partial charge in [0.15, 0.2) is 0 Å². The largest absolute Gasteiger partial charge is 0.407 e. The van der Waals surface area contributed by atoms with Gasteiger partial charge in [-0.2, -0.15) is 0 Å². The molecule has 0 radical (unpaired) electrons. The van der Waals surface area contributed by atoms with Crippen LogP contribution in [0.5, 0.6) is 0 Å². The highest BCUT2D eigenvalue weighted by atomic mass is 28.4. The van der Waals surface area contributed by atoms with E-state index in [1.165, 1.54) is 0 Å². The molecule has 1 aromatic carbocycles. The standard InChI is InChI=1S/C9H12O2Si/c1-2-8-12(10,11)9-6-4-3-5-7-9/h2-7,10-11H,1,8H2. The Morgan fingerprint density at radius 2 is 1.83 bits per heavy atom. The molecule has 0 amide bonds. The van der Waals surface area contributed by atoms with E-state index in [9.17, 15) is 9.59 Å². The van der Waals surface area contributed by atoms with E-state index < -0.39 is 8.56 Å². The summed E-state index contributed by atoms with van der Waals surface area (Å²) >= 11 is 0. The lowest BCUT2D eigenvalue weighted by Crippen LogP contribution is -2.47. The third-order valence-electron chi connectivity index (χ3n) is 1.67. The molecule has 2 N–H and O–H groups in total. The fourth-order valence-corrected chi connectivity index (χ4v) is 2.39. The maximum atomic E-state index is 9.61. The van der Waals surface area contributed by atoms with Crippen LogP contribution in [0.2, 0.25) is 6.04 Å². The van der Waals surface area contributed by atoms with E-state index in [4.69, 9.17) is 0 Å². The van der Waals surface area contributed by atoms with Gasteiger partial charge < -0.3 is 9.59 Å². The lowest BCUT2D eigenvalue weighted by atomic mass is 10.4. The van der Waals surface area contributed by atoms with Gasteiger partial charge >= 0.3 is 8.56 Å². The first-order valence-corrected chi connectivity index (χ1v) is 5.88. The van der Waals surface area contributed by atoms with E-state index in [1.54, 1.807) is 30.3 Å². The summed E-state index contributed by atoms with van der Waals surface area (Å²) in [5, 5.41) is 0.630. The average molecular weight is 180 g/mol. The molecule has 0 spiro atoms. The number of hydrogen-bond donors (Lipinski definition) is 2. The fourth-order valence-electron chi connectivity index (χ4n) is 1.02. The lowest BCUT2D eigenvalue weighted by molar-refractivity contribution is 0.385. The molecule has 0 aliphatic carbocycles. The van der Waals surface area contributed by atoms with Gasteiger partial charge in [0.05, 0.1) is 0 Å². The van der Waals surface area contributed by atoms with Crippen LogP contribution in [0.3, 0.4) is 0 Å². The van der Waals surface area contributed by atoms with Gasteiger partial charge in [-0.25, -0.2) is 0 Å². The molecule has 0 aliphatic rings. The predicted molar refractivity (Wildman–Crippen MR) is 51.3 cm³/mol. The van der Waals surface area contributed by atoms with Crippen molar-refractivity contribution in [1.29, 1.82) is 0 Å². The molecule has 0 aliphatic heterocycles. The second kappa shape index (κ2) is 3.67. The van der Waals surface area contributed by atoms with Crippen LogP contribution in [0.1, 0.15) is 0 Å². The molecule has 0 saturated carbocycles. The van der Waals surface area contributed by atoms with E-state index in [2.05, 4.69) is 6.58 Å². The fraction of sp³-hybridized carbons (Fsp3) is 0.111. The molecule has 2 nitrogen and oxygen atoms in total. The molecule has 0 fully saturated rings. The highest BCUT2D eigenvalue weighted by Crippen LogP contribution is 2.02. The smallest absolute Gasteiger partial charge is 0.371 e. The lowest BCUT2D eigenvalue weighted by Gasteiger charge is -2.15. The van der Waals surface area contributed by atoms with Gasteiger partial charge in [-0.15, -0.1) is 6.58 Å². The highest BCUT2D eigenvalue weighted by Gasteiger charge is 2.29. The van der Waals surface area contributed by atoms with Crippen molar-refractivity contribution in [1.82, 2.24) is 0 Å². The first-order valence-electron chi connectivity index (χ1n) is 3.78. The molecule has 0 aromatic heterocycles. The van der Waals surface area contributed by atoms with Gasteiger partial charge in [-0.3, -0.25) is 0 Å². The second-order valence-electron chi connectivity index (χ2n) is 2.68. The molecule has 0 heterocycles. The Morgan fingerprint density at radius 1 is 1.25 bits per heavy atom. The molecule has 0 unspecified atom stereocenters. The zero-order chi connectivity index (χ0) is 9.03. The molecule has 0 atom stereocenters. The van der Waals surface area contributed by atoms with Crippen molar-refractivity contribution >= 4 is 13.7 Å². The quantitative estimate of drug-likeness (QED) is 0.525. The summed E-state index contributed by atoms with van der Waals surface area (Å²) in [6, 6.07) is 9.18. The van der Waals surface area contributed by atoms with Crippen molar-refractivity contribution in [2.24, 2.45) is 0 Å². The molecular weight excluding hydrogens is 168 g/mol. The summed E-state index contributed by atoms with van der Waals surface area (Å²) < 4.78 is 0. The van der Waals surface area contributed by atoms with Crippen LogP contribution in [-0.4, -0.2) is 18.2 Å². The Morgan fingerprint density at radius 3 is 2.33 bits per heavy atom. The Kier molecular flexibility index (Phi) is 2.81. The van der Waals surface area contributed by atoms with E-state index in [1.807, 2.05) is 6.07 Å². The number of hydrogen-bond acceptors (Lipinski definition) is 2. The highest BCUT2D eigenvalue weighted by molar-refractivity contribution is 6.79. The van der Waals surface area contributed by atoms with Crippen LogP contribution in [0, 0.1) is 0 Å². The minimum absolute atomic E-state index is 0.275. The van der Waals surface area contributed by atoms with Crippen LogP contribution in [0.4, 0.5) is 0 Å². The molecule has 1 aromatic rings. The second-order valence-corrected chi connectivity index (χ2v) is 5.29. The molecule has 64 valence electrons. The first-order chi connectivity index (χ1) is 5.67. The molecule has 0 saturated heterocycles. The van der Waals surface area contributed by atoms with Crippen molar-refractivity contribution in [3.63, 3.8) is 0 Å². The number of allylic oxidation sites excluding steroid dienone is 1. The maximum absolute atomic E-state index is 9.61. The predicted octanol–water partition coefficient (Wildman–Crippen LogP) is 0.506. The summed E-state index contributed by atoms with van der Waals surface area (Å²) in [6.45, 7) is 3.49. The summed E-state index contributed by atoms with van der Waals surface area (Å²) in [6.07, 6.45) is 1.54. The zero-order valence-corrected chi connectivity index (χ0v) is 7.77. The van der Waals surface area contributed by atoms with E-state index in [0.717, 1.165) is 0 Å². The summed E-state index contributed by atoms with van der Waals surface area (Å²) in [5.41, 5.74) is 0. The minimum Gasteiger partial charge on any atom is -0.407 e. The zero-order valence-electron chi connectivity index (χ0n) is 6.77. The summed E-state index contributed by atoms with van der Waals surface area (Å²) in [4.78, 5) is 19.2. The van der Waals surface area contributed by atoms with E-state index in [0.29, 0.717) is 5.19 Å². The van der Waals surface area contributed by atoms with Crippen molar-refractivity contribution in [3.8, 4) is 0 Å². The Labute approximate surface area is 73.1 Å². The molecular formula is C9H12O2Si. The molecule has 0 bridgehead atoms. The average Bonchev–Trinajstić information content (AvgIpc) is 2.06. The Bertz CT molecular complexity index is 256. The van der Waals surface area contributed by atoms with Crippen LogP contribution >= 0.6 is 0 Å². The van der Waals surface area contributed by atoms with Crippen molar-refractivity contribution in [2.75, 3.05) is 0 Å². The maximum Gasteiger partial charge on any atom is 0.371 e. The van der Waals surface area contributed by atoms with Crippen molar-refractivity contribution in [2.45, 2.75) is 6.04 Å². The summed E-state index contributed by atoms with van der Waals surface area (Å²) in [5.74, 6) is 0. The number of rotatable bonds is 3. The van der Waals surface area contributed by atoms with Gasteiger partial charge in [0.1, 0.15) is 0 Å². The molecule has 1 rings (SSSR count). The summed E-state index contributed by atoms with van der Waals surface area (Å²) in [7, 11) is -3.20. The number of benzene rings is 1. The van der Waals surface area contributed by atoms with Crippen LogP contribution in [0.25, 0.3) is 0 Å². The minimum atomic E-state index is -3.20. The third-order valence-corrected chi connectivity index (χ3v) is 3.78. The monoisotopic (exact) mass is 180 g/mol. The van der Waals surface area contributed by atoms with Gasteiger partial charge in [0.2, 0.25) is 0 Å². The van der Waals surface area contributed by atoms with Gasteiger partial charge in [0, 0.05) is 6.04 Å². The van der Waals surface area contributed by atoms with Gasteiger partial charge in [0.25, 0.3) is 0 Å². The van der Waals surface area contributed by atoms with Gasteiger partial charge in [-0.1, -0.05) is 36.4 Å². The SMILES string of the molecule is C=CC[Si](O)(O)c1ccccc1.